The largest absolute Gasteiger partial charge is 0.460 e. The molecular formula is C10H19NO3. The molecule has 0 spiro atoms. The van der Waals surface area contributed by atoms with E-state index in [0.717, 1.165) is 25.7 Å². The lowest BCUT2D eigenvalue weighted by atomic mass is 9.97. The van der Waals surface area contributed by atoms with Gasteiger partial charge in [0.15, 0.2) is 5.60 Å². The van der Waals surface area contributed by atoms with Crippen molar-refractivity contribution in [1.82, 2.24) is 0 Å². The molecule has 3 N–H and O–H groups in total. The summed E-state index contributed by atoms with van der Waals surface area (Å²) in [6.07, 6.45) is 5.21. The molecule has 0 aromatic carbocycles. The van der Waals surface area contributed by atoms with Crippen LogP contribution >= 0.6 is 0 Å². The van der Waals surface area contributed by atoms with Gasteiger partial charge in [-0.3, -0.25) is 0 Å². The summed E-state index contributed by atoms with van der Waals surface area (Å²) in [5.74, 6) is -0.591. The lowest BCUT2D eigenvalue weighted by Gasteiger charge is -2.26. The summed E-state index contributed by atoms with van der Waals surface area (Å²) in [6.45, 7) is 1.29. The van der Waals surface area contributed by atoms with Crippen LogP contribution in [0.1, 0.15) is 39.0 Å². The van der Waals surface area contributed by atoms with E-state index in [1.807, 2.05) is 0 Å². The number of esters is 1. The molecule has 14 heavy (non-hydrogen) atoms. The van der Waals surface area contributed by atoms with E-state index in [4.69, 9.17) is 10.5 Å². The fourth-order valence-corrected chi connectivity index (χ4v) is 1.54. The quantitative estimate of drug-likeness (QED) is 0.655. The van der Waals surface area contributed by atoms with Crippen LogP contribution < -0.4 is 5.73 Å². The Morgan fingerprint density at radius 3 is 2.57 bits per heavy atom. The third kappa shape index (κ3) is 2.96. The highest BCUT2D eigenvalue weighted by Gasteiger charge is 2.32. The van der Waals surface area contributed by atoms with Crippen LogP contribution in [0.4, 0.5) is 0 Å². The first kappa shape index (κ1) is 11.5. The van der Waals surface area contributed by atoms with Crippen LogP contribution in [-0.2, 0) is 9.53 Å². The highest BCUT2D eigenvalue weighted by Crippen LogP contribution is 2.21. The van der Waals surface area contributed by atoms with Crippen LogP contribution in [0.5, 0.6) is 0 Å². The lowest BCUT2D eigenvalue weighted by molar-refractivity contribution is -0.169. The molecule has 1 atom stereocenters. The van der Waals surface area contributed by atoms with Gasteiger partial charge >= 0.3 is 5.97 Å². The summed E-state index contributed by atoms with van der Waals surface area (Å²) in [6, 6.07) is 0. The van der Waals surface area contributed by atoms with Gasteiger partial charge in [-0.25, -0.2) is 4.79 Å². The zero-order valence-corrected chi connectivity index (χ0v) is 8.66. The predicted molar refractivity (Wildman–Crippen MR) is 52.6 cm³/mol. The average Bonchev–Trinajstić information content (AvgIpc) is 2.19. The first-order valence-corrected chi connectivity index (χ1v) is 5.20. The first-order valence-electron chi connectivity index (χ1n) is 5.20. The van der Waals surface area contributed by atoms with Crippen molar-refractivity contribution in [2.45, 2.75) is 50.7 Å². The van der Waals surface area contributed by atoms with Crippen LogP contribution in [-0.4, -0.2) is 29.3 Å². The fourth-order valence-electron chi connectivity index (χ4n) is 1.54. The van der Waals surface area contributed by atoms with Gasteiger partial charge in [-0.15, -0.1) is 0 Å². The molecule has 4 nitrogen and oxygen atoms in total. The smallest absolute Gasteiger partial charge is 0.339 e. The normalized spacial score (nSPS) is 22.8. The molecule has 0 aromatic rings. The van der Waals surface area contributed by atoms with E-state index in [9.17, 15) is 9.90 Å². The molecule has 0 saturated heterocycles. The van der Waals surface area contributed by atoms with Gasteiger partial charge in [-0.2, -0.15) is 0 Å². The Morgan fingerprint density at radius 2 is 2.07 bits per heavy atom. The summed E-state index contributed by atoms with van der Waals surface area (Å²) in [5, 5.41) is 9.52. The number of carbonyl (C=O) groups is 1. The summed E-state index contributed by atoms with van der Waals surface area (Å²) >= 11 is 0. The minimum atomic E-state index is -1.53. The number of aliphatic hydroxyl groups is 1. The van der Waals surface area contributed by atoms with E-state index in [1.165, 1.54) is 13.3 Å². The van der Waals surface area contributed by atoms with Crippen LogP contribution in [0.15, 0.2) is 0 Å². The standard InChI is InChI=1S/C10H19NO3/c1-10(13,7-11)9(12)14-8-5-3-2-4-6-8/h8,13H,2-7,11H2,1H3. The van der Waals surface area contributed by atoms with E-state index in [2.05, 4.69) is 0 Å². The van der Waals surface area contributed by atoms with Gasteiger partial charge < -0.3 is 15.6 Å². The van der Waals surface area contributed by atoms with Crippen molar-refractivity contribution < 1.29 is 14.6 Å². The highest BCUT2D eigenvalue weighted by molar-refractivity contribution is 5.79. The fraction of sp³-hybridized carbons (Fsp3) is 0.900. The second-order valence-electron chi connectivity index (χ2n) is 4.14. The van der Waals surface area contributed by atoms with Gasteiger partial charge in [0.2, 0.25) is 0 Å². The lowest BCUT2D eigenvalue weighted by Crippen LogP contribution is -2.45. The molecule has 1 aliphatic carbocycles. The van der Waals surface area contributed by atoms with Crippen molar-refractivity contribution in [3.05, 3.63) is 0 Å². The number of hydrogen-bond donors (Lipinski definition) is 2. The SMILES string of the molecule is CC(O)(CN)C(=O)OC1CCCCC1. The molecule has 82 valence electrons. The topological polar surface area (TPSA) is 72.5 Å². The molecule has 0 bridgehead atoms. The van der Waals surface area contributed by atoms with Gasteiger partial charge in [0.25, 0.3) is 0 Å². The first-order chi connectivity index (χ1) is 6.56. The molecule has 1 fully saturated rings. The maximum absolute atomic E-state index is 11.4. The number of carbonyl (C=O) groups excluding carboxylic acids is 1. The van der Waals surface area contributed by atoms with Crippen molar-refractivity contribution in [2.75, 3.05) is 6.54 Å². The minimum Gasteiger partial charge on any atom is -0.460 e. The molecule has 1 aliphatic rings. The Bertz CT molecular complexity index is 198. The van der Waals surface area contributed by atoms with Gasteiger partial charge in [0.05, 0.1) is 0 Å². The Labute approximate surface area is 84.4 Å². The third-order valence-electron chi connectivity index (χ3n) is 2.66. The zero-order chi connectivity index (χ0) is 10.6. The van der Waals surface area contributed by atoms with E-state index in [0.29, 0.717) is 0 Å². The third-order valence-corrected chi connectivity index (χ3v) is 2.66. The number of ether oxygens (including phenoxy) is 1. The van der Waals surface area contributed by atoms with Crippen LogP contribution in [0.25, 0.3) is 0 Å². The number of nitrogens with two attached hydrogens (primary N) is 1. The number of rotatable bonds is 3. The molecule has 4 heteroatoms. The maximum atomic E-state index is 11.4. The highest BCUT2D eigenvalue weighted by atomic mass is 16.6. The van der Waals surface area contributed by atoms with Crippen molar-refractivity contribution in [3.8, 4) is 0 Å². The van der Waals surface area contributed by atoms with Crippen molar-refractivity contribution in [3.63, 3.8) is 0 Å². The molecule has 1 unspecified atom stereocenters. The Balaban J connectivity index is 2.39. The summed E-state index contributed by atoms with van der Waals surface area (Å²) in [7, 11) is 0. The molecule has 0 aromatic heterocycles. The Hall–Kier alpha value is -0.610. The summed E-state index contributed by atoms with van der Waals surface area (Å²) < 4.78 is 5.18. The van der Waals surface area contributed by atoms with Crippen LogP contribution in [0.2, 0.25) is 0 Å². The monoisotopic (exact) mass is 201 g/mol. The van der Waals surface area contributed by atoms with Crippen molar-refractivity contribution >= 4 is 5.97 Å². The van der Waals surface area contributed by atoms with Crippen LogP contribution in [0.3, 0.4) is 0 Å². The van der Waals surface area contributed by atoms with Crippen molar-refractivity contribution in [2.24, 2.45) is 5.73 Å². The van der Waals surface area contributed by atoms with Gasteiger partial charge in [0, 0.05) is 6.54 Å². The van der Waals surface area contributed by atoms with Crippen LogP contribution in [0, 0.1) is 0 Å². The molecular weight excluding hydrogens is 182 g/mol. The van der Waals surface area contributed by atoms with E-state index >= 15 is 0 Å². The Kier molecular flexibility index (Phi) is 3.89. The van der Waals surface area contributed by atoms with Gasteiger partial charge in [-0.1, -0.05) is 6.42 Å². The number of hydrogen-bond acceptors (Lipinski definition) is 4. The second-order valence-corrected chi connectivity index (χ2v) is 4.14. The zero-order valence-electron chi connectivity index (χ0n) is 8.66. The van der Waals surface area contributed by atoms with Crippen molar-refractivity contribution in [1.29, 1.82) is 0 Å². The minimum absolute atomic E-state index is 0.0192. The molecule has 1 rings (SSSR count). The maximum Gasteiger partial charge on any atom is 0.339 e. The van der Waals surface area contributed by atoms with Gasteiger partial charge in [0.1, 0.15) is 6.10 Å². The predicted octanol–water partition coefficient (Wildman–Crippen LogP) is 0.572. The molecule has 0 radical (unpaired) electrons. The summed E-state index contributed by atoms with van der Waals surface area (Å²) in [5.41, 5.74) is 3.73. The molecule has 0 amide bonds. The second kappa shape index (κ2) is 4.75. The molecule has 1 saturated carbocycles. The Morgan fingerprint density at radius 1 is 1.50 bits per heavy atom. The van der Waals surface area contributed by atoms with E-state index < -0.39 is 11.6 Å². The van der Waals surface area contributed by atoms with E-state index in [1.54, 1.807) is 0 Å². The van der Waals surface area contributed by atoms with Gasteiger partial charge in [-0.05, 0) is 32.6 Å². The molecule has 0 aliphatic heterocycles. The van der Waals surface area contributed by atoms with E-state index in [-0.39, 0.29) is 12.6 Å². The average molecular weight is 201 g/mol. The molecule has 0 heterocycles. The summed E-state index contributed by atoms with van der Waals surface area (Å²) in [4.78, 5) is 11.4.